The number of carboxylic acids is 1. The lowest BCUT2D eigenvalue weighted by molar-refractivity contribution is -0.135. The van der Waals surface area contributed by atoms with Crippen molar-refractivity contribution in [1.82, 2.24) is 0 Å². The Morgan fingerprint density at radius 3 is 2.65 bits per heavy atom. The van der Waals surface area contributed by atoms with Crippen LogP contribution >= 0.6 is 0 Å². The molecule has 1 saturated heterocycles. The van der Waals surface area contributed by atoms with Crippen molar-refractivity contribution in [3.05, 3.63) is 24.0 Å². The minimum Gasteiger partial charge on any atom is -0.478 e. The minimum absolute atomic E-state index is 0.0335. The van der Waals surface area contributed by atoms with Gasteiger partial charge in [0.25, 0.3) is 0 Å². The summed E-state index contributed by atoms with van der Waals surface area (Å²) in [5, 5.41) is 9.08. The highest BCUT2D eigenvalue weighted by molar-refractivity contribution is 5.88. The first kappa shape index (κ1) is 13.4. The molecule has 0 amide bonds. The molecular weight excluding hydrogens is 224 g/mol. The highest BCUT2D eigenvalue weighted by Crippen LogP contribution is 2.24. The van der Waals surface area contributed by atoms with Crippen molar-refractivity contribution in [3.63, 3.8) is 0 Å². The molecule has 94 valence electrons. The summed E-state index contributed by atoms with van der Waals surface area (Å²) < 4.78 is 10.0. The molecule has 1 heterocycles. The van der Waals surface area contributed by atoms with Gasteiger partial charge in [-0.05, 0) is 6.42 Å². The van der Waals surface area contributed by atoms with Gasteiger partial charge in [0, 0.05) is 12.5 Å². The predicted molar refractivity (Wildman–Crippen MR) is 60.2 cm³/mol. The van der Waals surface area contributed by atoms with Crippen LogP contribution in [0.15, 0.2) is 24.0 Å². The Morgan fingerprint density at radius 2 is 2.24 bits per heavy atom. The number of carbonyl (C=O) groups is 2. The van der Waals surface area contributed by atoms with Crippen molar-refractivity contribution < 1.29 is 24.2 Å². The highest BCUT2D eigenvalue weighted by atomic mass is 16.6. The lowest BCUT2D eigenvalue weighted by Gasteiger charge is -2.10. The molecule has 1 N–H and O–H groups in total. The molecule has 5 heteroatoms. The molecular formula is C12H16O5. The molecule has 0 aromatic rings. The van der Waals surface area contributed by atoms with Crippen LogP contribution in [0.5, 0.6) is 0 Å². The van der Waals surface area contributed by atoms with Gasteiger partial charge in [-0.3, -0.25) is 0 Å². The van der Waals surface area contributed by atoms with Gasteiger partial charge >= 0.3 is 11.9 Å². The average molecular weight is 240 g/mol. The van der Waals surface area contributed by atoms with E-state index >= 15 is 0 Å². The number of carboxylic acid groups (broad SMARTS) is 1. The molecule has 1 fully saturated rings. The zero-order chi connectivity index (χ0) is 12.8. The monoisotopic (exact) mass is 240 g/mol. The van der Waals surface area contributed by atoms with Crippen molar-refractivity contribution in [2.45, 2.75) is 32.3 Å². The van der Waals surface area contributed by atoms with E-state index in [2.05, 4.69) is 6.58 Å². The first-order valence-corrected chi connectivity index (χ1v) is 5.49. The van der Waals surface area contributed by atoms with Crippen molar-refractivity contribution in [1.29, 1.82) is 0 Å². The second-order valence-electron chi connectivity index (χ2n) is 3.74. The smallest absolute Gasteiger partial charge is 0.335 e. The quantitative estimate of drug-likeness (QED) is 0.317. The number of carbonyl (C=O) groups excluding carboxylic acids is 1. The largest absolute Gasteiger partial charge is 0.478 e. The van der Waals surface area contributed by atoms with E-state index in [0.717, 1.165) is 6.08 Å². The van der Waals surface area contributed by atoms with Crippen LogP contribution in [0, 0.1) is 0 Å². The van der Waals surface area contributed by atoms with E-state index in [0.29, 0.717) is 25.9 Å². The molecule has 0 aromatic carbocycles. The zero-order valence-corrected chi connectivity index (χ0v) is 9.77. The van der Waals surface area contributed by atoms with Crippen LogP contribution in [0.2, 0.25) is 0 Å². The van der Waals surface area contributed by atoms with Gasteiger partial charge < -0.3 is 14.6 Å². The molecule has 1 rings (SSSR count). The minimum atomic E-state index is -1.06. The van der Waals surface area contributed by atoms with E-state index in [-0.39, 0.29) is 17.4 Å². The summed E-state index contributed by atoms with van der Waals surface area (Å²) in [6.07, 6.45) is 2.33. The Morgan fingerprint density at radius 1 is 1.59 bits per heavy atom. The first-order valence-electron chi connectivity index (χ1n) is 5.49. The van der Waals surface area contributed by atoms with Gasteiger partial charge in [0.2, 0.25) is 0 Å². The molecule has 0 aliphatic carbocycles. The third kappa shape index (κ3) is 4.40. The van der Waals surface area contributed by atoms with Crippen LogP contribution in [-0.2, 0) is 19.1 Å². The fourth-order valence-electron chi connectivity index (χ4n) is 1.40. The Balaban J connectivity index is 2.88. The second-order valence-corrected chi connectivity index (χ2v) is 3.74. The molecule has 1 atom stereocenters. The Labute approximate surface area is 99.7 Å². The second kappa shape index (κ2) is 6.20. The Hall–Kier alpha value is -1.62. The van der Waals surface area contributed by atoms with Gasteiger partial charge in [-0.25, -0.2) is 9.59 Å². The number of aliphatic carboxylic acids is 1. The molecule has 0 radical (unpaired) electrons. The van der Waals surface area contributed by atoms with Gasteiger partial charge in [0.1, 0.15) is 5.76 Å². The van der Waals surface area contributed by atoms with Crippen LogP contribution < -0.4 is 0 Å². The molecule has 17 heavy (non-hydrogen) atoms. The fourth-order valence-corrected chi connectivity index (χ4v) is 1.40. The van der Waals surface area contributed by atoms with Crippen molar-refractivity contribution in [2.24, 2.45) is 0 Å². The number of rotatable bonds is 7. The van der Waals surface area contributed by atoms with Gasteiger partial charge in [-0.2, -0.15) is 0 Å². The van der Waals surface area contributed by atoms with Crippen LogP contribution in [0.25, 0.3) is 0 Å². The molecule has 0 spiro atoms. The normalized spacial score (nSPS) is 19.2. The molecule has 0 aromatic heterocycles. The molecule has 0 bridgehead atoms. The molecule has 0 saturated carbocycles. The van der Waals surface area contributed by atoms with E-state index in [4.69, 9.17) is 14.6 Å². The van der Waals surface area contributed by atoms with Crippen LogP contribution in [0.3, 0.4) is 0 Å². The highest BCUT2D eigenvalue weighted by Gasteiger charge is 2.28. The summed E-state index contributed by atoms with van der Waals surface area (Å²) >= 11 is 0. The lowest BCUT2D eigenvalue weighted by atomic mass is 10.1. The summed E-state index contributed by atoms with van der Waals surface area (Å²) in [6, 6.07) is 0. The van der Waals surface area contributed by atoms with Crippen molar-refractivity contribution >= 4 is 11.9 Å². The SMILES string of the molecule is C=CC(=O)OC(CC1CO1)=C(CCC)C(=O)O. The lowest BCUT2D eigenvalue weighted by Crippen LogP contribution is -2.11. The van der Waals surface area contributed by atoms with Gasteiger partial charge in [0.05, 0.1) is 18.3 Å². The van der Waals surface area contributed by atoms with Crippen molar-refractivity contribution in [2.75, 3.05) is 6.61 Å². The maximum absolute atomic E-state index is 11.1. The van der Waals surface area contributed by atoms with Gasteiger partial charge in [-0.15, -0.1) is 0 Å². The summed E-state index contributed by atoms with van der Waals surface area (Å²) in [5.74, 6) is -1.51. The number of hydrogen-bond donors (Lipinski definition) is 1. The standard InChI is InChI=1S/C12H16O5/c1-3-5-9(12(14)15)10(6-8-7-16-8)17-11(13)4-2/h4,8H,2-3,5-7H2,1H3,(H,14,15). The first-order chi connectivity index (χ1) is 8.08. The zero-order valence-electron chi connectivity index (χ0n) is 9.77. The van der Waals surface area contributed by atoms with E-state index in [1.54, 1.807) is 0 Å². The van der Waals surface area contributed by atoms with Gasteiger partial charge in [0.15, 0.2) is 0 Å². The third-order valence-corrected chi connectivity index (χ3v) is 2.30. The molecule has 1 aliphatic rings. The predicted octanol–water partition coefficient (Wildman–Crippen LogP) is 1.64. The molecule has 1 unspecified atom stereocenters. The van der Waals surface area contributed by atoms with Crippen LogP contribution in [-0.4, -0.2) is 29.8 Å². The Kier molecular flexibility index (Phi) is 4.90. The van der Waals surface area contributed by atoms with Crippen LogP contribution in [0.1, 0.15) is 26.2 Å². The number of ether oxygens (including phenoxy) is 2. The van der Waals surface area contributed by atoms with Gasteiger partial charge in [-0.1, -0.05) is 19.9 Å². The fraction of sp³-hybridized carbons (Fsp3) is 0.500. The van der Waals surface area contributed by atoms with E-state index in [9.17, 15) is 9.59 Å². The number of esters is 1. The Bertz CT molecular complexity index is 352. The molecule has 1 aliphatic heterocycles. The summed E-state index contributed by atoms with van der Waals surface area (Å²) in [6.45, 7) is 5.72. The number of epoxide rings is 1. The third-order valence-electron chi connectivity index (χ3n) is 2.30. The van der Waals surface area contributed by atoms with E-state index in [1.807, 2.05) is 6.92 Å². The van der Waals surface area contributed by atoms with E-state index in [1.165, 1.54) is 0 Å². The maximum atomic E-state index is 11.1. The molecule has 5 nitrogen and oxygen atoms in total. The van der Waals surface area contributed by atoms with E-state index < -0.39 is 11.9 Å². The summed E-state index contributed by atoms with van der Waals surface area (Å²) in [7, 11) is 0. The number of hydrogen-bond acceptors (Lipinski definition) is 4. The maximum Gasteiger partial charge on any atom is 0.335 e. The van der Waals surface area contributed by atoms with Crippen molar-refractivity contribution in [3.8, 4) is 0 Å². The van der Waals surface area contributed by atoms with Crippen LogP contribution in [0.4, 0.5) is 0 Å². The summed E-state index contributed by atoms with van der Waals surface area (Å²) in [4.78, 5) is 22.2. The summed E-state index contributed by atoms with van der Waals surface area (Å²) in [5.41, 5.74) is 0.137. The topological polar surface area (TPSA) is 76.1 Å². The average Bonchev–Trinajstić information content (AvgIpc) is 3.08.